The fourth-order valence-corrected chi connectivity index (χ4v) is 2.32. The number of rotatable bonds is 3. The first-order chi connectivity index (χ1) is 9.13. The van der Waals surface area contributed by atoms with Crippen molar-refractivity contribution >= 4 is 17.5 Å². The average molecular weight is 288 g/mol. The van der Waals surface area contributed by atoms with Crippen LogP contribution in [-0.2, 0) is 16.0 Å². The third-order valence-corrected chi connectivity index (χ3v) is 3.50. The Kier molecular flexibility index (Phi) is 4.74. The quantitative estimate of drug-likeness (QED) is 0.910. The normalized spacial score (nSPS) is 19.5. The molecule has 4 nitrogen and oxygen atoms in total. The van der Waals surface area contributed by atoms with Crippen molar-refractivity contribution in [3.05, 3.63) is 34.6 Å². The van der Waals surface area contributed by atoms with Crippen LogP contribution in [0.15, 0.2) is 18.2 Å². The zero-order chi connectivity index (χ0) is 13.8. The molecular weight excluding hydrogens is 273 g/mol. The highest BCUT2D eigenvalue weighted by Crippen LogP contribution is 2.21. The van der Waals surface area contributed by atoms with E-state index < -0.39 is 5.82 Å². The van der Waals surface area contributed by atoms with Crippen LogP contribution in [0, 0.1) is 5.82 Å². The summed E-state index contributed by atoms with van der Waals surface area (Å²) in [4.78, 5) is 13.7. The number of aliphatic hydroxyl groups is 1. The number of nitrogens with zero attached hydrogens (tertiary/aromatic N) is 1. The largest absolute Gasteiger partial charge is 0.394 e. The van der Waals surface area contributed by atoms with Crippen molar-refractivity contribution in [3.8, 4) is 0 Å². The summed E-state index contributed by atoms with van der Waals surface area (Å²) in [6.45, 7) is 0.952. The van der Waals surface area contributed by atoms with Gasteiger partial charge in [-0.1, -0.05) is 17.7 Å². The highest BCUT2D eigenvalue weighted by atomic mass is 35.5. The van der Waals surface area contributed by atoms with E-state index in [-0.39, 0.29) is 35.6 Å². The predicted molar refractivity (Wildman–Crippen MR) is 68.5 cm³/mol. The van der Waals surface area contributed by atoms with E-state index in [1.807, 2.05) is 0 Å². The van der Waals surface area contributed by atoms with Crippen molar-refractivity contribution < 1.29 is 19.0 Å². The Morgan fingerprint density at radius 3 is 3.05 bits per heavy atom. The highest BCUT2D eigenvalue weighted by Gasteiger charge is 2.27. The Bertz CT molecular complexity index is 449. The number of halogens is 2. The van der Waals surface area contributed by atoms with Crippen molar-refractivity contribution in [2.45, 2.75) is 12.5 Å². The van der Waals surface area contributed by atoms with Crippen LogP contribution < -0.4 is 0 Å². The van der Waals surface area contributed by atoms with Crippen molar-refractivity contribution in [1.82, 2.24) is 4.90 Å². The van der Waals surface area contributed by atoms with Gasteiger partial charge in [-0.25, -0.2) is 4.39 Å². The number of morpholine rings is 1. The molecular formula is C13H15ClFNO3. The Morgan fingerprint density at radius 1 is 1.58 bits per heavy atom. The molecule has 1 aliphatic rings. The van der Waals surface area contributed by atoms with Gasteiger partial charge in [-0.2, -0.15) is 0 Å². The Morgan fingerprint density at radius 2 is 2.37 bits per heavy atom. The fourth-order valence-electron chi connectivity index (χ4n) is 2.09. The van der Waals surface area contributed by atoms with Gasteiger partial charge in [0.25, 0.3) is 0 Å². The second-order valence-corrected chi connectivity index (χ2v) is 4.78. The van der Waals surface area contributed by atoms with Crippen molar-refractivity contribution in [1.29, 1.82) is 0 Å². The summed E-state index contributed by atoms with van der Waals surface area (Å²) in [5, 5.41) is 9.45. The Labute approximate surface area is 115 Å². The third kappa shape index (κ3) is 3.23. The van der Waals surface area contributed by atoms with Crippen LogP contribution in [0.2, 0.25) is 5.02 Å². The van der Waals surface area contributed by atoms with E-state index in [0.717, 1.165) is 0 Å². The van der Waals surface area contributed by atoms with E-state index in [4.69, 9.17) is 16.3 Å². The van der Waals surface area contributed by atoms with Gasteiger partial charge >= 0.3 is 0 Å². The monoisotopic (exact) mass is 287 g/mol. The van der Waals surface area contributed by atoms with Gasteiger partial charge in [0.2, 0.25) is 5.91 Å². The lowest BCUT2D eigenvalue weighted by Gasteiger charge is -2.34. The van der Waals surface area contributed by atoms with Gasteiger partial charge < -0.3 is 14.7 Å². The molecule has 19 heavy (non-hydrogen) atoms. The van der Waals surface area contributed by atoms with Gasteiger partial charge in [-0.15, -0.1) is 0 Å². The number of aliphatic hydroxyl groups excluding tert-OH is 1. The van der Waals surface area contributed by atoms with Crippen molar-refractivity contribution in [3.63, 3.8) is 0 Å². The molecule has 0 aromatic heterocycles. The second-order valence-electron chi connectivity index (χ2n) is 4.38. The molecule has 1 saturated heterocycles. The molecule has 1 aliphatic heterocycles. The zero-order valence-corrected chi connectivity index (χ0v) is 11.1. The molecule has 2 rings (SSSR count). The van der Waals surface area contributed by atoms with E-state index in [9.17, 15) is 14.3 Å². The Hall–Kier alpha value is -1.17. The standard InChI is InChI=1S/C13H15ClFNO3/c14-11-2-1-3-12(15)10(11)6-13(18)16-4-5-19-8-9(16)7-17/h1-3,9,17H,4-8H2. The van der Waals surface area contributed by atoms with Crippen LogP contribution >= 0.6 is 11.6 Å². The molecule has 0 radical (unpaired) electrons. The van der Waals surface area contributed by atoms with E-state index >= 15 is 0 Å². The van der Waals surface area contributed by atoms with Gasteiger partial charge in [0.15, 0.2) is 0 Å². The van der Waals surface area contributed by atoms with Gasteiger partial charge in [0.1, 0.15) is 5.82 Å². The molecule has 1 fully saturated rings. The number of carbonyl (C=O) groups excluding carboxylic acids is 1. The van der Waals surface area contributed by atoms with E-state index in [1.54, 1.807) is 6.07 Å². The van der Waals surface area contributed by atoms with Crippen LogP contribution in [0.4, 0.5) is 4.39 Å². The molecule has 1 unspecified atom stereocenters. The first-order valence-electron chi connectivity index (χ1n) is 6.04. The lowest BCUT2D eigenvalue weighted by atomic mass is 10.1. The average Bonchev–Trinajstić information content (AvgIpc) is 2.42. The van der Waals surface area contributed by atoms with Gasteiger partial charge in [-0.3, -0.25) is 4.79 Å². The lowest BCUT2D eigenvalue weighted by molar-refractivity contribution is -0.140. The topological polar surface area (TPSA) is 49.8 Å². The number of hydrogen-bond donors (Lipinski definition) is 1. The highest BCUT2D eigenvalue weighted by molar-refractivity contribution is 6.31. The summed E-state index contributed by atoms with van der Waals surface area (Å²) >= 11 is 5.90. The molecule has 0 bridgehead atoms. The summed E-state index contributed by atoms with van der Waals surface area (Å²) in [6.07, 6.45) is -0.109. The predicted octanol–water partition coefficient (Wildman–Crippen LogP) is 1.24. The van der Waals surface area contributed by atoms with Crippen LogP contribution in [0.3, 0.4) is 0 Å². The van der Waals surface area contributed by atoms with E-state index in [2.05, 4.69) is 0 Å². The molecule has 1 aromatic carbocycles. The fraction of sp³-hybridized carbons (Fsp3) is 0.462. The minimum absolute atomic E-state index is 0.109. The summed E-state index contributed by atoms with van der Waals surface area (Å²) in [5.41, 5.74) is 0.192. The molecule has 1 heterocycles. The summed E-state index contributed by atoms with van der Waals surface area (Å²) in [7, 11) is 0. The zero-order valence-electron chi connectivity index (χ0n) is 10.3. The smallest absolute Gasteiger partial charge is 0.227 e. The van der Waals surface area contributed by atoms with Gasteiger partial charge in [-0.05, 0) is 12.1 Å². The Balaban J connectivity index is 2.12. The molecule has 1 aromatic rings. The number of ether oxygens (including phenoxy) is 1. The van der Waals surface area contributed by atoms with Crippen LogP contribution in [0.1, 0.15) is 5.56 Å². The van der Waals surface area contributed by atoms with Crippen molar-refractivity contribution in [2.75, 3.05) is 26.4 Å². The molecule has 0 saturated carbocycles. The van der Waals surface area contributed by atoms with Gasteiger partial charge in [0.05, 0.1) is 32.3 Å². The second kappa shape index (κ2) is 6.32. The molecule has 1 N–H and O–H groups in total. The minimum Gasteiger partial charge on any atom is -0.394 e. The SMILES string of the molecule is O=C(Cc1c(F)cccc1Cl)N1CCOCC1CO. The summed E-state index contributed by atoms with van der Waals surface area (Å²) < 4.78 is 18.8. The number of amides is 1. The minimum atomic E-state index is -0.491. The van der Waals surface area contributed by atoms with Crippen LogP contribution in [0.5, 0.6) is 0 Å². The summed E-state index contributed by atoms with van der Waals surface area (Å²) in [5.74, 6) is -0.746. The van der Waals surface area contributed by atoms with Crippen molar-refractivity contribution in [2.24, 2.45) is 0 Å². The number of hydrogen-bond acceptors (Lipinski definition) is 3. The molecule has 0 aliphatic carbocycles. The van der Waals surface area contributed by atoms with E-state index in [0.29, 0.717) is 19.8 Å². The van der Waals surface area contributed by atoms with Crippen LogP contribution in [0.25, 0.3) is 0 Å². The number of benzene rings is 1. The lowest BCUT2D eigenvalue weighted by Crippen LogP contribution is -2.51. The van der Waals surface area contributed by atoms with E-state index in [1.165, 1.54) is 17.0 Å². The molecule has 0 spiro atoms. The van der Waals surface area contributed by atoms with Crippen LogP contribution in [-0.4, -0.2) is 48.3 Å². The molecule has 1 atom stereocenters. The molecule has 6 heteroatoms. The van der Waals surface area contributed by atoms with Gasteiger partial charge in [0, 0.05) is 17.1 Å². The number of carbonyl (C=O) groups is 1. The molecule has 104 valence electrons. The first kappa shape index (κ1) is 14.2. The maximum atomic E-state index is 13.6. The maximum Gasteiger partial charge on any atom is 0.227 e. The third-order valence-electron chi connectivity index (χ3n) is 3.15. The first-order valence-corrected chi connectivity index (χ1v) is 6.42. The molecule has 1 amide bonds. The summed E-state index contributed by atoms with van der Waals surface area (Å²) in [6, 6.07) is 3.96. The maximum absolute atomic E-state index is 13.6.